The molecule has 18 heavy (non-hydrogen) atoms. The molecule has 0 unspecified atom stereocenters. The highest BCUT2D eigenvalue weighted by atomic mass is 15.3. The molecule has 2 nitrogen and oxygen atoms in total. The van der Waals surface area contributed by atoms with Crippen LogP contribution in [0, 0.1) is 6.92 Å². The highest BCUT2D eigenvalue weighted by molar-refractivity contribution is 5.47. The second kappa shape index (κ2) is 6.05. The van der Waals surface area contributed by atoms with Gasteiger partial charge in [-0.15, -0.1) is 0 Å². The lowest BCUT2D eigenvalue weighted by atomic mass is 10.2. The van der Waals surface area contributed by atoms with Gasteiger partial charge in [0.05, 0.1) is 32.7 Å². The molecule has 0 radical (unpaired) electrons. The van der Waals surface area contributed by atoms with Crippen molar-refractivity contribution in [1.29, 1.82) is 0 Å². The van der Waals surface area contributed by atoms with Crippen molar-refractivity contribution in [3.63, 3.8) is 0 Å². The van der Waals surface area contributed by atoms with Crippen molar-refractivity contribution < 1.29 is 4.90 Å². The fourth-order valence-electron chi connectivity index (χ4n) is 2.51. The lowest BCUT2D eigenvalue weighted by Gasteiger charge is -2.33. The van der Waals surface area contributed by atoms with Crippen LogP contribution in [0.4, 0.5) is 5.69 Å². The molecule has 1 aliphatic heterocycles. The summed E-state index contributed by atoms with van der Waals surface area (Å²) < 4.78 is 0. The van der Waals surface area contributed by atoms with Crippen LogP contribution < -0.4 is 9.80 Å². The Hall–Kier alpha value is -1.28. The van der Waals surface area contributed by atoms with Gasteiger partial charge in [-0.3, -0.25) is 0 Å². The number of aryl methyl sites for hydroxylation is 1. The number of nitrogens with one attached hydrogen (secondary N) is 1. The molecule has 1 aliphatic rings. The Balaban J connectivity index is 1.88. The van der Waals surface area contributed by atoms with Gasteiger partial charge in [0.25, 0.3) is 0 Å². The molecule has 0 bridgehead atoms. The second-order valence-electron chi connectivity index (χ2n) is 5.38. The van der Waals surface area contributed by atoms with E-state index in [4.69, 9.17) is 0 Å². The lowest BCUT2D eigenvalue weighted by Crippen LogP contribution is -3.15. The van der Waals surface area contributed by atoms with E-state index in [0.717, 1.165) is 0 Å². The molecule has 1 aromatic rings. The fraction of sp³-hybridized carbons (Fsp3) is 0.500. The van der Waals surface area contributed by atoms with Gasteiger partial charge in [0.1, 0.15) is 0 Å². The molecule has 2 heteroatoms. The zero-order valence-corrected chi connectivity index (χ0v) is 11.9. The van der Waals surface area contributed by atoms with Crippen LogP contribution in [0.2, 0.25) is 0 Å². The molecule has 1 N–H and O–H groups in total. The van der Waals surface area contributed by atoms with E-state index in [0.29, 0.717) is 0 Å². The second-order valence-corrected chi connectivity index (χ2v) is 5.38. The summed E-state index contributed by atoms with van der Waals surface area (Å²) in [5.41, 5.74) is 4.22. The Morgan fingerprint density at radius 2 is 1.83 bits per heavy atom. The highest BCUT2D eigenvalue weighted by Crippen LogP contribution is 2.14. The number of quaternary nitrogens is 1. The van der Waals surface area contributed by atoms with Gasteiger partial charge in [-0.25, -0.2) is 0 Å². The van der Waals surface area contributed by atoms with Gasteiger partial charge in [-0.05, 0) is 38.5 Å². The fourth-order valence-corrected chi connectivity index (χ4v) is 2.51. The molecule has 0 saturated carbocycles. The standard InChI is InChI=1S/C16H24N2/c1-4-14(2)13-17-9-11-18(12-10-17)16-7-5-15(3)6-8-16/h4-8H,9-13H2,1-3H3/p+1/b14-4+. The average Bonchev–Trinajstić information content (AvgIpc) is 2.40. The number of hydrogen-bond donors (Lipinski definition) is 1. The summed E-state index contributed by atoms with van der Waals surface area (Å²) >= 11 is 0. The first kappa shape index (κ1) is 13.2. The van der Waals surface area contributed by atoms with E-state index >= 15 is 0 Å². The van der Waals surface area contributed by atoms with Gasteiger partial charge in [0.2, 0.25) is 0 Å². The van der Waals surface area contributed by atoms with Crippen LogP contribution in [0.25, 0.3) is 0 Å². The molecule has 1 heterocycles. The molecule has 2 rings (SSSR count). The molecule has 0 aromatic heterocycles. The van der Waals surface area contributed by atoms with E-state index in [-0.39, 0.29) is 0 Å². The van der Waals surface area contributed by atoms with Gasteiger partial charge in [-0.2, -0.15) is 0 Å². The average molecular weight is 245 g/mol. The van der Waals surface area contributed by atoms with Gasteiger partial charge in [0.15, 0.2) is 0 Å². The Bertz CT molecular complexity index is 398. The molecule has 0 atom stereocenters. The van der Waals surface area contributed by atoms with Crippen LogP contribution in [-0.2, 0) is 0 Å². The normalized spacial score (nSPS) is 18.2. The van der Waals surface area contributed by atoms with Gasteiger partial charge in [-0.1, -0.05) is 23.8 Å². The minimum Gasteiger partial charge on any atom is -0.360 e. The van der Waals surface area contributed by atoms with Crippen molar-refractivity contribution >= 4 is 5.69 Å². The van der Waals surface area contributed by atoms with Crippen molar-refractivity contribution in [1.82, 2.24) is 0 Å². The summed E-state index contributed by atoms with van der Waals surface area (Å²) in [6.45, 7) is 12.6. The quantitative estimate of drug-likeness (QED) is 0.796. The molecule has 0 aliphatic carbocycles. The molecule has 98 valence electrons. The predicted octanol–water partition coefficient (Wildman–Crippen LogP) is 1.67. The molecule has 0 spiro atoms. The maximum Gasteiger partial charge on any atom is 0.0985 e. The molecule has 1 fully saturated rings. The van der Waals surface area contributed by atoms with E-state index in [2.05, 4.69) is 56.0 Å². The number of anilines is 1. The van der Waals surface area contributed by atoms with E-state index in [1.807, 2.05) is 0 Å². The number of allylic oxidation sites excluding steroid dienone is 1. The summed E-state index contributed by atoms with van der Waals surface area (Å²) in [7, 11) is 0. The van der Waals surface area contributed by atoms with E-state index in [9.17, 15) is 0 Å². The summed E-state index contributed by atoms with van der Waals surface area (Å²) in [6, 6.07) is 8.91. The summed E-state index contributed by atoms with van der Waals surface area (Å²) in [5, 5.41) is 0. The highest BCUT2D eigenvalue weighted by Gasteiger charge is 2.19. The Labute approximate surface area is 111 Å². The molecular weight excluding hydrogens is 220 g/mol. The molecule has 1 aromatic carbocycles. The number of hydrogen-bond acceptors (Lipinski definition) is 1. The van der Waals surface area contributed by atoms with Gasteiger partial charge >= 0.3 is 0 Å². The van der Waals surface area contributed by atoms with Crippen molar-refractivity contribution in [2.45, 2.75) is 20.8 Å². The summed E-state index contributed by atoms with van der Waals surface area (Å²) in [6.07, 6.45) is 2.24. The monoisotopic (exact) mass is 245 g/mol. The van der Waals surface area contributed by atoms with Crippen molar-refractivity contribution in [3.8, 4) is 0 Å². The van der Waals surface area contributed by atoms with Crippen LogP contribution in [0.5, 0.6) is 0 Å². The number of nitrogens with zero attached hydrogens (tertiary/aromatic N) is 1. The van der Waals surface area contributed by atoms with Crippen LogP contribution in [-0.4, -0.2) is 32.7 Å². The third kappa shape index (κ3) is 3.36. The Kier molecular flexibility index (Phi) is 4.43. The predicted molar refractivity (Wildman–Crippen MR) is 78.4 cm³/mol. The number of benzene rings is 1. The minimum absolute atomic E-state index is 1.18. The molecule has 0 amide bonds. The first-order valence-electron chi connectivity index (χ1n) is 6.96. The smallest absolute Gasteiger partial charge is 0.0985 e. The maximum absolute atomic E-state index is 2.51. The van der Waals surface area contributed by atoms with E-state index in [1.54, 1.807) is 4.90 Å². The maximum atomic E-state index is 2.51. The van der Waals surface area contributed by atoms with Crippen LogP contribution in [0.3, 0.4) is 0 Å². The topological polar surface area (TPSA) is 7.68 Å². The minimum atomic E-state index is 1.18. The van der Waals surface area contributed by atoms with Crippen LogP contribution in [0.1, 0.15) is 19.4 Å². The summed E-state index contributed by atoms with van der Waals surface area (Å²) in [4.78, 5) is 4.22. The molecule has 1 saturated heterocycles. The summed E-state index contributed by atoms with van der Waals surface area (Å²) in [5.74, 6) is 0. The van der Waals surface area contributed by atoms with E-state index in [1.165, 1.54) is 49.5 Å². The molecular formula is C16H25N2+. The van der Waals surface area contributed by atoms with Crippen LogP contribution >= 0.6 is 0 Å². The largest absolute Gasteiger partial charge is 0.360 e. The Morgan fingerprint density at radius 1 is 1.22 bits per heavy atom. The third-order valence-corrected chi connectivity index (χ3v) is 3.89. The SMILES string of the molecule is C/C=C(\C)C[NH+]1CCN(c2ccc(C)cc2)CC1. The number of piperazine rings is 1. The van der Waals surface area contributed by atoms with Crippen molar-refractivity contribution in [3.05, 3.63) is 41.5 Å². The third-order valence-electron chi connectivity index (χ3n) is 3.89. The Morgan fingerprint density at radius 3 is 2.39 bits per heavy atom. The zero-order chi connectivity index (χ0) is 13.0. The van der Waals surface area contributed by atoms with Gasteiger partial charge < -0.3 is 9.80 Å². The lowest BCUT2D eigenvalue weighted by molar-refractivity contribution is -0.895. The first-order valence-corrected chi connectivity index (χ1v) is 6.96. The first-order chi connectivity index (χ1) is 8.69. The van der Waals surface area contributed by atoms with Crippen molar-refractivity contribution in [2.75, 3.05) is 37.6 Å². The van der Waals surface area contributed by atoms with Crippen LogP contribution in [0.15, 0.2) is 35.9 Å². The van der Waals surface area contributed by atoms with Crippen molar-refractivity contribution in [2.24, 2.45) is 0 Å². The van der Waals surface area contributed by atoms with Gasteiger partial charge in [0, 0.05) is 5.69 Å². The zero-order valence-electron chi connectivity index (χ0n) is 11.9. The van der Waals surface area contributed by atoms with E-state index < -0.39 is 0 Å². The number of rotatable bonds is 3.